The number of benzene rings is 6. The fraction of sp³-hybridized carbons (Fsp3) is 0.143. The van der Waals surface area contributed by atoms with E-state index in [9.17, 15) is 10.0 Å². The lowest BCUT2D eigenvalue weighted by atomic mass is 9.70. The summed E-state index contributed by atoms with van der Waals surface area (Å²) in [6, 6.07) is 42.8. The summed E-state index contributed by atoms with van der Waals surface area (Å²) in [5, 5.41) is 22.8. The molecule has 228 valence electrons. The zero-order valence-electron chi connectivity index (χ0n) is 26.9. The Bertz CT molecular complexity index is 2420. The first-order chi connectivity index (χ1) is 22.7. The Morgan fingerprint density at radius 3 is 1.96 bits per heavy atom. The normalized spacial score (nSPS) is 15.1. The van der Waals surface area contributed by atoms with Crippen molar-refractivity contribution < 1.29 is 14.8 Å². The summed E-state index contributed by atoms with van der Waals surface area (Å²) in [7, 11) is -1.63. The van der Waals surface area contributed by atoms with Crippen LogP contribution >= 0.6 is 0 Å². The molecule has 5 heteroatoms. The highest BCUT2D eigenvalue weighted by Crippen LogP contribution is 2.53. The van der Waals surface area contributed by atoms with E-state index in [-0.39, 0.29) is 5.41 Å². The molecule has 2 N–H and O–H groups in total. The van der Waals surface area contributed by atoms with E-state index in [1.165, 1.54) is 38.5 Å². The van der Waals surface area contributed by atoms with Gasteiger partial charge in [-0.1, -0.05) is 113 Å². The molecule has 4 nitrogen and oxygen atoms in total. The lowest BCUT2D eigenvalue weighted by Gasteiger charge is -2.36. The minimum atomic E-state index is -1.63. The van der Waals surface area contributed by atoms with Crippen molar-refractivity contribution in [3.8, 4) is 39.4 Å². The first-order valence-corrected chi connectivity index (χ1v) is 16.3. The second kappa shape index (κ2) is 9.71. The van der Waals surface area contributed by atoms with Crippen LogP contribution in [0.4, 0.5) is 0 Å². The van der Waals surface area contributed by atoms with Crippen molar-refractivity contribution >= 4 is 34.4 Å². The van der Waals surface area contributed by atoms with Crippen LogP contribution in [0, 0.1) is 0 Å². The van der Waals surface area contributed by atoms with E-state index < -0.39 is 12.5 Å². The van der Waals surface area contributed by atoms with Gasteiger partial charge in [0, 0.05) is 49.4 Å². The van der Waals surface area contributed by atoms with Gasteiger partial charge in [-0.2, -0.15) is 0 Å². The van der Waals surface area contributed by atoms with Crippen molar-refractivity contribution in [3.05, 3.63) is 144 Å². The molecule has 0 bridgehead atoms. The van der Waals surface area contributed by atoms with Gasteiger partial charge in [0.1, 0.15) is 11.5 Å². The Hall–Kier alpha value is -5.10. The molecule has 7 aromatic rings. The van der Waals surface area contributed by atoms with Crippen LogP contribution in [0.5, 0.6) is 11.5 Å². The largest absolute Gasteiger partial charge is 0.492 e. The van der Waals surface area contributed by atoms with Crippen molar-refractivity contribution in [2.24, 2.45) is 0 Å². The number of hydrogen-bond acceptors (Lipinski definition) is 3. The van der Waals surface area contributed by atoms with Gasteiger partial charge >= 0.3 is 7.12 Å². The van der Waals surface area contributed by atoms with E-state index in [1.54, 1.807) is 6.07 Å². The van der Waals surface area contributed by atoms with E-state index in [1.807, 2.05) is 12.1 Å². The maximum absolute atomic E-state index is 10.2. The van der Waals surface area contributed by atoms with Crippen LogP contribution in [0.2, 0.25) is 0 Å². The monoisotopic (exact) mass is 611 g/mol. The van der Waals surface area contributed by atoms with Crippen LogP contribution in [0.3, 0.4) is 0 Å². The number of para-hydroxylation sites is 3. The van der Waals surface area contributed by atoms with Crippen LogP contribution in [-0.4, -0.2) is 21.7 Å². The summed E-state index contributed by atoms with van der Waals surface area (Å²) in [5.41, 5.74) is 12.6. The van der Waals surface area contributed by atoms with Gasteiger partial charge < -0.3 is 19.4 Å². The van der Waals surface area contributed by atoms with Gasteiger partial charge in [-0.3, -0.25) is 0 Å². The molecule has 9 rings (SSSR count). The smallest absolute Gasteiger partial charge is 0.456 e. The van der Waals surface area contributed by atoms with Crippen molar-refractivity contribution in [3.63, 3.8) is 0 Å². The number of ether oxygens (including phenoxy) is 1. The summed E-state index contributed by atoms with van der Waals surface area (Å²) in [6.07, 6.45) is 0. The molecule has 0 spiro atoms. The number of nitrogens with zero attached hydrogens (tertiary/aromatic N) is 1. The Kier molecular flexibility index (Phi) is 5.82. The maximum atomic E-state index is 10.2. The molecule has 1 aromatic heterocycles. The topological polar surface area (TPSA) is 54.6 Å². The van der Waals surface area contributed by atoms with Crippen LogP contribution in [-0.2, 0) is 10.8 Å². The summed E-state index contributed by atoms with van der Waals surface area (Å²) in [4.78, 5) is 0. The minimum absolute atomic E-state index is 0.103. The molecule has 47 heavy (non-hydrogen) atoms. The molecule has 0 unspecified atom stereocenters. The van der Waals surface area contributed by atoms with Gasteiger partial charge in [0.25, 0.3) is 0 Å². The molecule has 0 atom stereocenters. The number of fused-ring (bicyclic) bond motifs is 8. The molecule has 1 aliphatic carbocycles. The summed E-state index contributed by atoms with van der Waals surface area (Å²) >= 11 is 0. The lowest BCUT2D eigenvalue weighted by Crippen LogP contribution is -2.35. The average molecular weight is 612 g/mol. The van der Waals surface area contributed by atoms with Crippen LogP contribution in [0.1, 0.15) is 49.9 Å². The average Bonchev–Trinajstić information content (AvgIpc) is 3.51. The molecule has 0 amide bonds. The predicted molar refractivity (Wildman–Crippen MR) is 192 cm³/mol. The van der Waals surface area contributed by atoms with Crippen molar-refractivity contribution in [1.29, 1.82) is 0 Å². The molecule has 0 radical (unpaired) electrons. The first-order valence-electron chi connectivity index (χ1n) is 16.3. The van der Waals surface area contributed by atoms with E-state index in [4.69, 9.17) is 4.74 Å². The third kappa shape index (κ3) is 3.84. The fourth-order valence-electron chi connectivity index (χ4n) is 8.21. The van der Waals surface area contributed by atoms with Crippen LogP contribution in [0.15, 0.2) is 121 Å². The molecule has 0 saturated heterocycles. The molecular weight excluding hydrogens is 577 g/mol. The van der Waals surface area contributed by atoms with Gasteiger partial charge in [0.05, 0.1) is 11.0 Å². The Morgan fingerprint density at radius 2 is 1.17 bits per heavy atom. The molecule has 1 aliphatic heterocycles. The summed E-state index contributed by atoms with van der Waals surface area (Å²) < 4.78 is 9.05. The molecular formula is C42H34BNO3. The number of aromatic nitrogens is 1. The quantitative estimate of drug-likeness (QED) is 0.196. The van der Waals surface area contributed by atoms with E-state index in [0.29, 0.717) is 11.2 Å². The van der Waals surface area contributed by atoms with Gasteiger partial charge in [-0.05, 0) is 64.2 Å². The van der Waals surface area contributed by atoms with Crippen LogP contribution < -0.4 is 10.2 Å². The molecule has 0 saturated carbocycles. The van der Waals surface area contributed by atoms with Crippen molar-refractivity contribution in [1.82, 2.24) is 4.57 Å². The first kappa shape index (κ1) is 28.2. The minimum Gasteiger partial charge on any atom is -0.456 e. The molecule has 0 fully saturated rings. The van der Waals surface area contributed by atoms with Crippen LogP contribution in [0.25, 0.3) is 49.7 Å². The van der Waals surface area contributed by atoms with E-state index in [2.05, 4.69) is 135 Å². The second-order valence-corrected chi connectivity index (χ2v) is 14.0. The highest BCUT2D eigenvalue weighted by Gasteiger charge is 2.39. The highest BCUT2D eigenvalue weighted by atomic mass is 16.5. The highest BCUT2D eigenvalue weighted by molar-refractivity contribution is 6.59. The predicted octanol–water partition coefficient (Wildman–Crippen LogP) is 8.87. The standard InChI is InChI=1S/C42H34BNO3/c1-41(2)32-16-9-8-14-28(32)29-23-31-30-22-25(20-21-37(30)44(38(31)24-35(29)41)26-12-6-5-7-13-26)27-15-10-17-33-39(27)47-40-34(42(33,3)4)18-11-19-36(40)43(45)46/h5-24,45-46H,1-4H3. The lowest BCUT2D eigenvalue weighted by molar-refractivity contribution is 0.406. The van der Waals surface area contributed by atoms with E-state index in [0.717, 1.165) is 39.2 Å². The summed E-state index contributed by atoms with van der Waals surface area (Å²) in [6.45, 7) is 9.00. The molecule has 2 heterocycles. The number of rotatable bonds is 3. The van der Waals surface area contributed by atoms with Crippen molar-refractivity contribution in [2.45, 2.75) is 38.5 Å². The SMILES string of the molecule is CC1(C)c2ccccc2-c2cc3c4cc(-c5cccc6c5Oc5c(B(O)O)cccc5C6(C)C)ccc4n(-c4ccccc4)c3cc21. The van der Waals surface area contributed by atoms with E-state index >= 15 is 0 Å². The van der Waals surface area contributed by atoms with Gasteiger partial charge in [0.2, 0.25) is 0 Å². The van der Waals surface area contributed by atoms with Gasteiger partial charge in [-0.25, -0.2) is 0 Å². The maximum Gasteiger partial charge on any atom is 0.492 e. The summed E-state index contributed by atoms with van der Waals surface area (Å²) in [5.74, 6) is 1.27. The zero-order valence-corrected chi connectivity index (χ0v) is 26.9. The van der Waals surface area contributed by atoms with Gasteiger partial charge in [0.15, 0.2) is 0 Å². The number of hydrogen-bond donors (Lipinski definition) is 2. The van der Waals surface area contributed by atoms with Crippen molar-refractivity contribution in [2.75, 3.05) is 0 Å². The second-order valence-electron chi connectivity index (χ2n) is 14.0. The molecule has 6 aromatic carbocycles. The molecule has 2 aliphatic rings. The Labute approximate surface area is 274 Å². The fourth-order valence-corrected chi connectivity index (χ4v) is 8.21. The zero-order chi connectivity index (χ0) is 32.2. The Balaban J connectivity index is 1.31. The Morgan fingerprint density at radius 1 is 0.532 bits per heavy atom. The van der Waals surface area contributed by atoms with Gasteiger partial charge in [-0.15, -0.1) is 0 Å². The third-order valence-corrected chi connectivity index (χ3v) is 10.7. The third-order valence-electron chi connectivity index (χ3n) is 10.7.